The molecule has 5 heteroatoms. The molecule has 2 rings (SSSR count). The quantitative estimate of drug-likeness (QED) is 0.823. The summed E-state index contributed by atoms with van der Waals surface area (Å²) in [7, 11) is 0. The maximum atomic E-state index is 12.1. The number of anilines is 1. The highest BCUT2D eigenvalue weighted by atomic mass is 32.2. The molecule has 2 aromatic rings. The van der Waals surface area contributed by atoms with Crippen LogP contribution in [0.3, 0.4) is 0 Å². The zero-order chi connectivity index (χ0) is 15.1. The van der Waals surface area contributed by atoms with Crippen LogP contribution >= 0.6 is 11.8 Å². The zero-order valence-corrected chi connectivity index (χ0v) is 12.8. The summed E-state index contributed by atoms with van der Waals surface area (Å²) in [6.45, 7) is 0.168. The third-order valence-electron chi connectivity index (χ3n) is 2.98. The van der Waals surface area contributed by atoms with Crippen molar-refractivity contribution in [2.24, 2.45) is 0 Å². The number of aliphatic hydroxyl groups excluding tert-OH is 1. The summed E-state index contributed by atoms with van der Waals surface area (Å²) < 4.78 is 5.49. The van der Waals surface area contributed by atoms with E-state index < -0.39 is 0 Å². The van der Waals surface area contributed by atoms with Crippen molar-refractivity contribution in [3.63, 3.8) is 0 Å². The summed E-state index contributed by atoms with van der Waals surface area (Å²) in [4.78, 5) is 12.1. The topological polar surface area (TPSA) is 62.5 Å². The Morgan fingerprint density at radius 1 is 1.33 bits per heavy atom. The fourth-order valence-electron chi connectivity index (χ4n) is 2.00. The average Bonchev–Trinajstić information content (AvgIpc) is 2.95. The first-order valence-electron chi connectivity index (χ1n) is 6.81. The number of amides is 1. The molecule has 0 aliphatic rings. The maximum Gasteiger partial charge on any atom is 0.291 e. The molecular formula is C16H19NO3S. The molecular weight excluding hydrogens is 286 g/mol. The number of thioether (sulfide) groups is 1. The van der Waals surface area contributed by atoms with Crippen molar-refractivity contribution in [3.8, 4) is 0 Å². The van der Waals surface area contributed by atoms with E-state index in [9.17, 15) is 4.79 Å². The summed E-state index contributed by atoms with van der Waals surface area (Å²) >= 11 is 1.65. The van der Waals surface area contributed by atoms with Crippen LogP contribution in [0.1, 0.15) is 28.3 Å². The zero-order valence-electron chi connectivity index (χ0n) is 12.0. The third-order valence-corrected chi connectivity index (χ3v) is 3.55. The summed E-state index contributed by atoms with van der Waals surface area (Å²) in [6, 6.07) is 11.1. The lowest BCUT2D eigenvalue weighted by molar-refractivity contribution is 0.0995. The van der Waals surface area contributed by atoms with Crippen LogP contribution in [0.4, 0.5) is 5.69 Å². The van der Waals surface area contributed by atoms with Gasteiger partial charge < -0.3 is 14.8 Å². The second-order valence-corrected chi connectivity index (χ2v) is 5.55. The van der Waals surface area contributed by atoms with E-state index in [0.717, 1.165) is 29.2 Å². The molecule has 0 unspecified atom stereocenters. The maximum absolute atomic E-state index is 12.1. The van der Waals surface area contributed by atoms with Gasteiger partial charge >= 0.3 is 0 Å². The molecule has 1 aromatic heterocycles. The molecule has 1 heterocycles. The summed E-state index contributed by atoms with van der Waals surface area (Å²) in [5.74, 6) is 1.62. The number of rotatable bonds is 7. The monoisotopic (exact) mass is 305 g/mol. The number of aliphatic hydroxyl groups is 1. The molecule has 0 atom stereocenters. The molecule has 0 aliphatic heterocycles. The van der Waals surface area contributed by atoms with Crippen LogP contribution in [0.5, 0.6) is 0 Å². The van der Waals surface area contributed by atoms with Crippen molar-refractivity contribution >= 4 is 23.4 Å². The highest BCUT2D eigenvalue weighted by molar-refractivity contribution is 7.97. The Hall–Kier alpha value is -1.72. The largest absolute Gasteiger partial charge is 0.455 e. The van der Waals surface area contributed by atoms with Crippen LogP contribution in [0, 0.1) is 0 Å². The Kier molecular flexibility index (Phi) is 5.90. The molecule has 0 fully saturated rings. The summed E-state index contributed by atoms with van der Waals surface area (Å²) in [5.41, 5.74) is 1.82. The minimum absolute atomic E-state index is 0.168. The van der Waals surface area contributed by atoms with E-state index >= 15 is 0 Å². The molecule has 1 amide bonds. The average molecular weight is 305 g/mol. The van der Waals surface area contributed by atoms with E-state index in [0.29, 0.717) is 12.2 Å². The van der Waals surface area contributed by atoms with Crippen LogP contribution in [-0.2, 0) is 12.2 Å². The Bertz CT molecular complexity index is 595. The number of aryl methyl sites for hydroxylation is 1. The SMILES string of the molecule is CSCc1ccc(C(=O)Nc2cccc(CCCO)c2)o1. The van der Waals surface area contributed by atoms with Crippen molar-refractivity contribution in [1.29, 1.82) is 0 Å². The molecule has 0 saturated carbocycles. The molecule has 0 spiro atoms. The fraction of sp³-hybridized carbons (Fsp3) is 0.312. The first-order chi connectivity index (χ1) is 10.2. The highest BCUT2D eigenvalue weighted by Crippen LogP contribution is 2.17. The minimum Gasteiger partial charge on any atom is -0.455 e. The van der Waals surface area contributed by atoms with Crippen molar-refractivity contribution in [2.45, 2.75) is 18.6 Å². The fourth-order valence-corrected chi connectivity index (χ4v) is 2.44. The smallest absolute Gasteiger partial charge is 0.291 e. The number of hydrogen-bond donors (Lipinski definition) is 2. The number of nitrogens with one attached hydrogen (secondary N) is 1. The predicted molar refractivity (Wildman–Crippen MR) is 85.7 cm³/mol. The molecule has 2 N–H and O–H groups in total. The van der Waals surface area contributed by atoms with Gasteiger partial charge in [0.1, 0.15) is 5.76 Å². The summed E-state index contributed by atoms with van der Waals surface area (Å²) in [6.07, 6.45) is 3.49. The lowest BCUT2D eigenvalue weighted by Crippen LogP contribution is -2.11. The van der Waals surface area contributed by atoms with Crippen molar-refractivity contribution in [1.82, 2.24) is 0 Å². The first kappa shape index (κ1) is 15.7. The van der Waals surface area contributed by atoms with E-state index in [1.54, 1.807) is 17.8 Å². The van der Waals surface area contributed by atoms with Gasteiger partial charge in [-0.2, -0.15) is 11.8 Å². The van der Waals surface area contributed by atoms with E-state index in [-0.39, 0.29) is 12.5 Å². The van der Waals surface area contributed by atoms with Crippen LogP contribution < -0.4 is 5.32 Å². The third kappa shape index (κ3) is 4.65. The van der Waals surface area contributed by atoms with Gasteiger partial charge in [-0.1, -0.05) is 12.1 Å². The Labute approximate surface area is 128 Å². The lowest BCUT2D eigenvalue weighted by Gasteiger charge is -2.06. The van der Waals surface area contributed by atoms with E-state index in [1.807, 2.05) is 36.6 Å². The number of carbonyl (C=O) groups excluding carboxylic acids is 1. The number of carbonyl (C=O) groups is 1. The van der Waals surface area contributed by atoms with Gasteiger partial charge in [0.2, 0.25) is 0 Å². The summed E-state index contributed by atoms with van der Waals surface area (Å²) in [5, 5.41) is 11.7. The second kappa shape index (κ2) is 7.90. The van der Waals surface area contributed by atoms with Crippen LogP contribution in [0.15, 0.2) is 40.8 Å². The van der Waals surface area contributed by atoms with Crippen molar-refractivity contribution in [2.75, 3.05) is 18.2 Å². The minimum atomic E-state index is -0.248. The van der Waals surface area contributed by atoms with Crippen LogP contribution in [0.2, 0.25) is 0 Å². The molecule has 0 radical (unpaired) electrons. The number of furan rings is 1. The Morgan fingerprint density at radius 3 is 2.95 bits per heavy atom. The van der Waals surface area contributed by atoms with Gasteiger partial charge in [0.05, 0.1) is 5.75 Å². The first-order valence-corrected chi connectivity index (χ1v) is 8.21. The van der Waals surface area contributed by atoms with Gasteiger partial charge in [0.15, 0.2) is 5.76 Å². The lowest BCUT2D eigenvalue weighted by atomic mass is 10.1. The standard InChI is InChI=1S/C16H19NO3S/c1-21-11-14-7-8-15(20-14)16(19)17-13-6-2-4-12(10-13)5-3-9-18/h2,4,6-8,10,18H,3,5,9,11H2,1H3,(H,17,19). The van der Waals surface area contributed by atoms with Gasteiger partial charge in [0.25, 0.3) is 5.91 Å². The van der Waals surface area contributed by atoms with Gasteiger partial charge in [-0.3, -0.25) is 4.79 Å². The molecule has 0 saturated heterocycles. The second-order valence-electron chi connectivity index (χ2n) is 4.68. The normalized spacial score (nSPS) is 10.6. The van der Waals surface area contributed by atoms with Crippen molar-refractivity contribution < 1.29 is 14.3 Å². The Morgan fingerprint density at radius 2 is 2.19 bits per heavy atom. The molecule has 4 nitrogen and oxygen atoms in total. The molecule has 1 aromatic carbocycles. The Balaban J connectivity index is 2.01. The number of hydrogen-bond acceptors (Lipinski definition) is 4. The van der Waals surface area contributed by atoms with Gasteiger partial charge in [-0.05, 0) is 48.9 Å². The molecule has 0 aliphatic carbocycles. The number of benzene rings is 1. The van der Waals surface area contributed by atoms with Gasteiger partial charge in [-0.25, -0.2) is 0 Å². The molecule has 21 heavy (non-hydrogen) atoms. The van der Waals surface area contributed by atoms with Crippen LogP contribution in [-0.4, -0.2) is 23.9 Å². The van der Waals surface area contributed by atoms with Gasteiger partial charge in [-0.15, -0.1) is 0 Å². The van der Waals surface area contributed by atoms with Crippen molar-refractivity contribution in [3.05, 3.63) is 53.5 Å². The van der Waals surface area contributed by atoms with E-state index in [4.69, 9.17) is 9.52 Å². The predicted octanol–water partition coefficient (Wildman–Crippen LogP) is 3.32. The van der Waals surface area contributed by atoms with E-state index in [1.165, 1.54) is 0 Å². The molecule has 112 valence electrons. The van der Waals surface area contributed by atoms with Gasteiger partial charge in [0, 0.05) is 12.3 Å². The van der Waals surface area contributed by atoms with Crippen LogP contribution in [0.25, 0.3) is 0 Å². The highest BCUT2D eigenvalue weighted by Gasteiger charge is 2.11. The molecule has 0 bridgehead atoms. The van der Waals surface area contributed by atoms with E-state index in [2.05, 4.69) is 5.32 Å².